The fraction of sp³-hybridized carbons (Fsp3) is 0.357. The van der Waals surface area contributed by atoms with Gasteiger partial charge in [-0.1, -0.05) is 29.8 Å². The van der Waals surface area contributed by atoms with Crippen LogP contribution in [-0.4, -0.2) is 15.9 Å². The molecule has 0 aliphatic heterocycles. The average Bonchev–Trinajstić information content (AvgIpc) is 2.76. The molecule has 1 saturated carbocycles. The minimum absolute atomic E-state index is 0.0413. The van der Waals surface area contributed by atoms with Gasteiger partial charge in [-0.3, -0.25) is 4.79 Å². The Morgan fingerprint density at radius 3 is 2.89 bits per heavy atom. The summed E-state index contributed by atoms with van der Waals surface area (Å²) in [7, 11) is 0. The first-order valence-electron chi connectivity index (χ1n) is 6.19. The number of benzene rings is 1. The van der Waals surface area contributed by atoms with Crippen LogP contribution in [0.15, 0.2) is 28.8 Å². The molecule has 1 aliphatic carbocycles. The van der Waals surface area contributed by atoms with Gasteiger partial charge in [0.2, 0.25) is 11.7 Å². The molecule has 3 rings (SSSR count). The lowest BCUT2D eigenvalue weighted by atomic mass is 9.85. The van der Waals surface area contributed by atoms with E-state index in [1.807, 2.05) is 12.1 Å². The van der Waals surface area contributed by atoms with Crippen molar-refractivity contribution in [1.29, 1.82) is 0 Å². The van der Waals surface area contributed by atoms with Crippen LogP contribution >= 0.6 is 0 Å². The first kappa shape index (κ1) is 11.1. The van der Waals surface area contributed by atoms with Gasteiger partial charge in [-0.05, 0) is 25.8 Å². The Hall–Kier alpha value is -1.97. The molecule has 0 unspecified atom stereocenters. The van der Waals surface area contributed by atoms with Crippen molar-refractivity contribution in [2.75, 3.05) is 0 Å². The molecule has 1 aliphatic rings. The van der Waals surface area contributed by atoms with Crippen molar-refractivity contribution in [1.82, 2.24) is 10.1 Å². The average molecular weight is 242 g/mol. The molecule has 4 nitrogen and oxygen atoms in total. The minimum Gasteiger partial charge on any atom is -0.339 e. The summed E-state index contributed by atoms with van der Waals surface area (Å²) in [6, 6.07) is 7.32. The van der Waals surface area contributed by atoms with E-state index in [0.29, 0.717) is 17.3 Å². The number of carbonyl (C=O) groups is 1. The van der Waals surface area contributed by atoms with Crippen molar-refractivity contribution < 1.29 is 9.32 Å². The lowest BCUT2D eigenvalue weighted by molar-refractivity contribution is 0.101. The van der Waals surface area contributed by atoms with E-state index >= 15 is 0 Å². The van der Waals surface area contributed by atoms with Gasteiger partial charge in [0.15, 0.2) is 5.78 Å². The van der Waals surface area contributed by atoms with E-state index in [9.17, 15) is 4.79 Å². The molecule has 2 aromatic rings. The fourth-order valence-electron chi connectivity index (χ4n) is 2.05. The van der Waals surface area contributed by atoms with Gasteiger partial charge in [0, 0.05) is 17.0 Å². The van der Waals surface area contributed by atoms with Crippen LogP contribution in [-0.2, 0) is 0 Å². The molecule has 0 bridgehead atoms. The standard InChI is InChI=1S/C14H14N2O2/c1-9(17)11-6-3-7-12(8-11)13-15-14(18-16-13)10-4-2-5-10/h3,6-8,10H,2,4-5H2,1H3. The van der Waals surface area contributed by atoms with Gasteiger partial charge in [-0.25, -0.2) is 0 Å². The van der Waals surface area contributed by atoms with Crippen LogP contribution in [0.3, 0.4) is 0 Å². The summed E-state index contributed by atoms with van der Waals surface area (Å²) < 4.78 is 5.28. The second kappa shape index (κ2) is 4.37. The van der Waals surface area contributed by atoms with Crippen molar-refractivity contribution in [3.05, 3.63) is 35.7 Å². The SMILES string of the molecule is CC(=O)c1cccc(-c2noc(C3CCC3)n2)c1. The van der Waals surface area contributed by atoms with Crippen LogP contribution in [0.1, 0.15) is 48.4 Å². The Kier molecular flexibility index (Phi) is 2.70. The van der Waals surface area contributed by atoms with Gasteiger partial charge in [0.25, 0.3) is 0 Å². The molecule has 0 atom stereocenters. The quantitative estimate of drug-likeness (QED) is 0.775. The lowest BCUT2D eigenvalue weighted by Crippen LogP contribution is -2.08. The smallest absolute Gasteiger partial charge is 0.230 e. The summed E-state index contributed by atoms with van der Waals surface area (Å²) in [6.45, 7) is 1.55. The van der Waals surface area contributed by atoms with Crippen LogP contribution in [0.2, 0.25) is 0 Å². The van der Waals surface area contributed by atoms with E-state index in [4.69, 9.17) is 4.52 Å². The number of ketones is 1. The number of hydrogen-bond acceptors (Lipinski definition) is 4. The summed E-state index contributed by atoms with van der Waals surface area (Å²) in [6.07, 6.45) is 3.51. The van der Waals surface area contributed by atoms with Gasteiger partial charge in [-0.2, -0.15) is 4.98 Å². The van der Waals surface area contributed by atoms with E-state index in [0.717, 1.165) is 24.3 Å². The number of rotatable bonds is 3. The lowest BCUT2D eigenvalue weighted by Gasteiger charge is -2.20. The Bertz CT molecular complexity index is 585. The zero-order valence-electron chi connectivity index (χ0n) is 10.2. The van der Waals surface area contributed by atoms with Gasteiger partial charge >= 0.3 is 0 Å². The van der Waals surface area contributed by atoms with Crippen LogP contribution in [0.5, 0.6) is 0 Å². The topological polar surface area (TPSA) is 56.0 Å². The second-order valence-corrected chi connectivity index (χ2v) is 4.72. The van der Waals surface area contributed by atoms with E-state index in [1.54, 1.807) is 19.1 Å². The Morgan fingerprint density at radius 1 is 1.39 bits per heavy atom. The van der Waals surface area contributed by atoms with E-state index in [1.165, 1.54) is 6.42 Å². The predicted molar refractivity (Wildman–Crippen MR) is 66.3 cm³/mol. The fourth-order valence-corrected chi connectivity index (χ4v) is 2.05. The highest BCUT2D eigenvalue weighted by Gasteiger charge is 2.25. The number of aromatic nitrogens is 2. The molecule has 1 heterocycles. The van der Waals surface area contributed by atoms with Gasteiger partial charge in [0.05, 0.1) is 0 Å². The first-order valence-corrected chi connectivity index (χ1v) is 6.19. The molecule has 4 heteroatoms. The van der Waals surface area contributed by atoms with Gasteiger partial charge in [-0.15, -0.1) is 0 Å². The van der Waals surface area contributed by atoms with Crippen molar-refractivity contribution in [2.45, 2.75) is 32.1 Å². The molecule has 0 radical (unpaired) electrons. The van der Waals surface area contributed by atoms with Crippen molar-refractivity contribution in [2.24, 2.45) is 0 Å². The van der Waals surface area contributed by atoms with E-state index in [2.05, 4.69) is 10.1 Å². The molecule has 0 saturated heterocycles. The normalized spacial score (nSPS) is 15.4. The second-order valence-electron chi connectivity index (χ2n) is 4.72. The van der Waals surface area contributed by atoms with Crippen molar-refractivity contribution in [3.63, 3.8) is 0 Å². The van der Waals surface area contributed by atoms with Crippen LogP contribution < -0.4 is 0 Å². The van der Waals surface area contributed by atoms with Crippen LogP contribution in [0.4, 0.5) is 0 Å². The predicted octanol–water partition coefficient (Wildman–Crippen LogP) is 3.21. The number of nitrogens with zero attached hydrogens (tertiary/aromatic N) is 2. The number of hydrogen-bond donors (Lipinski definition) is 0. The summed E-state index contributed by atoms with van der Waals surface area (Å²) in [4.78, 5) is 15.7. The maximum absolute atomic E-state index is 11.3. The third-order valence-electron chi connectivity index (χ3n) is 3.42. The molecule has 92 valence electrons. The minimum atomic E-state index is 0.0413. The maximum atomic E-state index is 11.3. The highest BCUT2D eigenvalue weighted by atomic mass is 16.5. The highest BCUT2D eigenvalue weighted by molar-refractivity contribution is 5.95. The summed E-state index contributed by atoms with van der Waals surface area (Å²) in [5, 5.41) is 3.99. The Balaban J connectivity index is 1.91. The molecule has 18 heavy (non-hydrogen) atoms. The monoisotopic (exact) mass is 242 g/mol. The molecule has 1 fully saturated rings. The summed E-state index contributed by atoms with van der Waals surface area (Å²) >= 11 is 0. The third-order valence-corrected chi connectivity index (χ3v) is 3.42. The van der Waals surface area contributed by atoms with E-state index in [-0.39, 0.29) is 5.78 Å². The molecule has 1 aromatic carbocycles. The number of carbonyl (C=O) groups excluding carboxylic acids is 1. The van der Waals surface area contributed by atoms with Crippen LogP contribution in [0.25, 0.3) is 11.4 Å². The molecular weight excluding hydrogens is 228 g/mol. The maximum Gasteiger partial charge on any atom is 0.230 e. The van der Waals surface area contributed by atoms with Gasteiger partial charge < -0.3 is 4.52 Å². The largest absolute Gasteiger partial charge is 0.339 e. The molecule has 1 aromatic heterocycles. The van der Waals surface area contributed by atoms with E-state index < -0.39 is 0 Å². The van der Waals surface area contributed by atoms with Crippen molar-refractivity contribution >= 4 is 5.78 Å². The summed E-state index contributed by atoms with van der Waals surface area (Å²) in [5.74, 6) is 1.77. The summed E-state index contributed by atoms with van der Waals surface area (Å²) in [5.41, 5.74) is 1.50. The van der Waals surface area contributed by atoms with Crippen LogP contribution in [0, 0.1) is 0 Å². The molecular formula is C14H14N2O2. The molecule has 0 N–H and O–H groups in total. The van der Waals surface area contributed by atoms with Crippen molar-refractivity contribution in [3.8, 4) is 11.4 Å². The number of Topliss-reactive ketones (excluding diaryl/α,β-unsaturated/α-hetero) is 1. The Labute approximate surface area is 105 Å². The highest BCUT2D eigenvalue weighted by Crippen LogP contribution is 2.35. The zero-order valence-corrected chi connectivity index (χ0v) is 10.2. The van der Waals surface area contributed by atoms with Gasteiger partial charge in [0.1, 0.15) is 0 Å². The zero-order chi connectivity index (χ0) is 12.5. The molecule has 0 spiro atoms. The molecule has 0 amide bonds. The Morgan fingerprint density at radius 2 is 2.22 bits per heavy atom. The first-order chi connectivity index (χ1) is 8.74. The third kappa shape index (κ3) is 1.94.